The van der Waals surface area contributed by atoms with Gasteiger partial charge in [-0.25, -0.2) is 0 Å². The van der Waals surface area contributed by atoms with Crippen LogP contribution in [0.5, 0.6) is 5.75 Å². The van der Waals surface area contributed by atoms with E-state index in [4.69, 9.17) is 21.1 Å². The highest BCUT2D eigenvalue weighted by Crippen LogP contribution is 2.45. The van der Waals surface area contributed by atoms with E-state index in [1.807, 2.05) is 24.0 Å². The lowest BCUT2D eigenvalue weighted by molar-refractivity contribution is -0.144. The maximum Gasteiger partial charge on any atom is 0.247 e. The third-order valence-electron chi connectivity index (χ3n) is 5.74. The Labute approximate surface area is 164 Å². The lowest BCUT2D eigenvalue weighted by atomic mass is 9.78. The molecule has 27 heavy (non-hydrogen) atoms. The molecule has 1 fully saturated rings. The second-order valence-electron chi connectivity index (χ2n) is 7.23. The summed E-state index contributed by atoms with van der Waals surface area (Å²) < 4.78 is 13.5. The smallest absolute Gasteiger partial charge is 0.247 e. The predicted octanol–water partition coefficient (Wildman–Crippen LogP) is 3.20. The molecular weight excluding hydrogens is 366 g/mol. The summed E-state index contributed by atoms with van der Waals surface area (Å²) in [5.74, 6) is 0.937. The first kappa shape index (κ1) is 18.3. The van der Waals surface area contributed by atoms with E-state index >= 15 is 0 Å². The number of piperidine rings is 1. The van der Waals surface area contributed by atoms with Crippen molar-refractivity contribution in [1.29, 1.82) is 0 Å². The van der Waals surface area contributed by atoms with E-state index in [1.54, 1.807) is 24.2 Å². The summed E-state index contributed by atoms with van der Waals surface area (Å²) in [5, 5.41) is 4.70. The Morgan fingerprint density at radius 3 is 2.81 bits per heavy atom. The van der Waals surface area contributed by atoms with Gasteiger partial charge in [-0.2, -0.15) is 5.10 Å². The van der Waals surface area contributed by atoms with Gasteiger partial charge in [-0.3, -0.25) is 9.48 Å². The lowest BCUT2D eigenvalue weighted by Crippen LogP contribution is -2.49. The molecule has 6 nitrogen and oxygen atoms in total. The van der Waals surface area contributed by atoms with Crippen LogP contribution in [0.25, 0.3) is 0 Å². The van der Waals surface area contributed by atoms with Crippen molar-refractivity contribution in [3.63, 3.8) is 0 Å². The SMILES string of the molecule is COc1cccc2c1C1(CCN(C(=O)C(C)n3cc(Cl)cn3)CC1)OCC2. The van der Waals surface area contributed by atoms with Gasteiger partial charge in [0.1, 0.15) is 17.4 Å². The maximum absolute atomic E-state index is 12.9. The molecule has 1 atom stereocenters. The first-order valence-electron chi connectivity index (χ1n) is 9.33. The molecule has 0 saturated carbocycles. The molecule has 2 aliphatic rings. The Kier molecular flexibility index (Phi) is 4.86. The van der Waals surface area contributed by atoms with Gasteiger partial charge < -0.3 is 14.4 Å². The molecule has 1 aromatic carbocycles. The molecule has 1 unspecified atom stereocenters. The molecule has 2 aliphatic heterocycles. The Hall–Kier alpha value is -2.05. The van der Waals surface area contributed by atoms with Gasteiger partial charge in [0, 0.05) is 24.8 Å². The third-order valence-corrected chi connectivity index (χ3v) is 5.94. The number of methoxy groups -OCH3 is 1. The van der Waals surface area contributed by atoms with E-state index in [1.165, 1.54) is 5.56 Å². The number of carbonyl (C=O) groups is 1. The largest absolute Gasteiger partial charge is 0.496 e. The number of rotatable bonds is 3. The van der Waals surface area contributed by atoms with Gasteiger partial charge in [-0.05, 0) is 37.8 Å². The Balaban J connectivity index is 1.52. The number of amides is 1. The van der Waals surface area contributed by atoms with Crippen molar-refractivity contribution in [1.82, 2.24) is 14.7 Å². The zero-order valence-corrected chi connectivity index (χ0v) is 16.4. The predicted molar refractivity (Wildman–Crippen MR) is 102 cm³/mol. The van der Waals surface area contributed by atoms with E-state index in [0.717, 1.165) is 30.6 Å². The topological polar surface area (TPSA) is 56.6 Å². The average Bonchev–Trinajstić information content (AvgIpc) is 3.13. The molecule has 4 rings (SSSR count). The minimum absolute atomic E-state index is 0.0562. The summed E-state index contributed by atoms with van der Waals surface area (Å²) >= 11 is 5.93. The average molecular weight is 390 g/mol. The number of benzene rings is 1. The first-order valence-corrected chi connectivity index (χ1v) is 9.70. The Morgan fingerprint density at radius 2 is 2.15 bits per heavy atom. The van der Waals surface area contributed by atoms with Crippen molar-refractivity contribution >= 4 is 17.5 Å². The highest BCUT2D eigenvalue weighted by atomic mass is 35.5. The van der Waals surface area contributed by atoms with E-state index in [0.29, 0.717) is 24.7 Å². The summed E-state index contributed by atoms with van der Waals surface area (Å²) in [6.45, 7) is 3.85. The molecule has 0 bridgehead atoms. The van der Waals surface area contributed by atoms with Gasteiger partial charge in [0.15, 0.2) is 0 Å². The van der Waals surface area contributed by atoms with Crippen LogP contribution in [0.15, 0.2) is 30.6 Å². The number of carbonyl (C=O) groups excluding carboxylic acids is 1. The van der Waals surface area contributed by atoms with Crippen LogP contribution < -0.4 is 4.74 Å². The van der Waals surface area contributed by atoms with Crippen molar-refractivity contribution in [2.45, 2.75) is 37.8 Å². The first-order chi connectivity index (χ1) is 13.0. The minimum Gasteiger partial charge on any atom is -0.496 e. The Bertz CT molecular complexity index is 828. The number of hydrogen-bond acceptors (Lipinski definition) is 4. The monoisotopic (exact) mass is 389 g/mol. The summed E-state index contributed by atoms with van der Waals surface area (Å²) in [7, 11) is 1.70. The number of hydrogen-bond donors (Lipinski definition) is 0. The second-order valence-corrected chi connectivity index (χ2v) is 7.66. The standard InChI is InChI=1S/C20H24ClN3O3/c1-14(24-13-16(21)12-22-24)19(25)23-9-7-20(8-10-23)18-15(6-11-27-20)4-3-5-17(18)26-2/h3-5,12-14H,6-11H2,1-2H3. The van der Waals surface area contributed by atoms with Crippen LogP contribution in [0.2, 0.25) is 5.02 Å². The number of nitrogens with zero attached hydrogens (tertiary/aromatic N) is 3. The van der Waals surface area contributed by atoms with Crippen LogP contribution in [-0.2, 0) is 21.6 Å². The van der Waals surface area contributed by atoms with Crippen LogP contribution in [0.1, 0.15) is 36.9 Å². The third kappa shape index (κ3) is 3.21. The summed E-state index contributed by atoms with van der Waals surface area (Å²) in [5.41, 5.74) is 2.09. The quantitative estimate of drug-likeness (QED) is 0.808. The van der Waals surface area contributed by atoms with Gasteiger partial charge in [-0.15, -0.1) is 0 Å². The molecule has 0 N–H and O–H groups in total. The molecule has 1 amide bonds. The summed E-state index contributed by atoms with van der Waals surface area (Å²) in [4.78, 5) is 14.8. The van der Waals surface area contributed by atoms with Crippen molar-refractivity contribution in [2.24, 2.45) is 0 Å². The fraction of sp³-hybridized carbons (Fsp3) is 0.500. The molecule has 0 radical (unpaired) electrons. The van der Waals surface area contributed by atoms with Crippen LogP contribution in [0.3, 0.4) is 0 Å². The maximum atomic E-state index is 12.9. The van der Waals surface area contributed by atoms with Crippen LogP contribution in [0.4, 0.5) is 0 Å². The summed E-state index contributed by atoms with van der Waals surface area (Å²) in [6.07, 6.45) is 5.65. The van der Waals surface area contributed by atoms with Crippen molar-refractivity contribution in [3.05, 3.63) is 46.7 Å². The Morgan fingerprint density at radius 1 is 1.37 bits per heavy atom. The van der Waals surface area contributed by atoms with Gasteiger partial charge in [0.2, 0.25) is 5.91 Å². The molecule has 7 heteroatoms. The van der Waals surface area contributed by atoms with Crippen molar-refractivity contribution < 1.29 is 14.3 Å². The normalized spacial score (nSPS) is 19.6. The van der Waals surface area contributed by atoms with E-state index in [9.17, 15) is 4.79 Å². The molecule has 1 aromatic heterocycles. The van der Waals surface area contributed by atoms with E-state index in [-0.39, 0.29) is 17.6 Å². The number of ether oxygens (including phenoxy) is 2. The van der Waals surface area contributed by atoms with Gasteiger partial charge >= 0.3 is 0 Å². The van der Waals surface area contributed by atoms with Gasteiger partial charge in [0.25, 0.3) is 0 Å². The van der Waals surface area contributed by atoms with Crippen LogP contribution in [0, 0.1) is 0 Å². The zero-order valence-electron chi connectivity index (χ0n) is 15.7. The van der Waals surface area contributed by atoms with Crippen molar-refractivity contribution in [2.75, 3.05) is 26.8 Å². The molecule has 1 spiro atoms. The molecular formula is C20H24ClN3O3. The molecule has 144 valence electrons. The fourth-order valence-corrected chi connectivity index (χ4v) is 4.43. The fourth-order valence-electron chi connectivity index (χ4n) is 4.29. The molecule has 2 aromatic rings. The second kappa shape index (κ2) is 7.17. The van der Waals surface area contributed by atoms with Crippen LogP contribution in [-0.4, -0.2) is 47.4 Å². The lowest BCUT2D eigenvalue weighted by Gasteiger charge is -2.45. The molecule has 0 aliphatic carbocycles. The zero-order chi connectivity index (χ0) is 19.0. The molecule has 1 saturated heterocycles. The van der Waals surface area contributed by atoms with Gasteiger partial charge in [0.05, 0.1) is 24.9 Å². The highest BCUT2D eigenvalue weighted by molar-refractivity contribution is 6.30. The number of halogens is 1. The highest BCUT2D eigenvalue weighted by Gasteiger charge is 2.44. The minimum atomic E-state index is -0.374. The number of fused-ring (bicyclic) bond motifs is 2. The molecule has 3 heterocycles. The van der Waals surface area contributed by atoms with Crippen LogP contribution >= 0.6 is 11.6 Å². The van der Waals surface area contributed by atoms with Gasteiger partial charge in [-0.1, -0.05) is 23.7 Å². The van der Waals surface area contributed by atoms with E-state index < -0.39 is 0 Å². The number of likely N-dealkylation sites (tertiary alicyclic amines) is 1. The van der Waals surface area contributed by atoms with E-state index in [2.05, 4.69) is 11.2 Å². The van der Waals surface area contributed by atoms with Crippen molar-refractivity contribution in [3.8, 4) is 5.75 Å². The summed E-state index contributed by atoms with van der Waals surface area (Å²) in [6, 6.07) is 5.81. The number of aromatic nitrogens is 2.